The zero-order valence-electron chi connectivity index (χ0n) is 14.1. The van der Waals surface area contributed by atoms with E-state index in [1.54, 1.807) is 36.4 Å². The molecule has 0 atom stereocenters. The van der Waals surface area contributed by atoms with Crippen LogP contribution in [-0.4, -0.2) is 16.7 Å². The van der Waals surface area contributed by atoms with Crippen LogP contribution in [0.1, 0.15) is 17.5 Å². The molecule has 3 heteroatoms. The molecule has 0 fully saturated rings. The zero-order chi connectivity index (χ0) is 18.4. The van der Waals surface area contributed by atoms with Crippen LogP contribution in [-0.2, 0) is 9.59 Å². The molecule has 128 valence electrons. The highest BCUT2D eigenvalue weighted by atomic mass is 16.3. The molecular formula is C23H18O3. The van der Waals surface area contributed by atoms with Crippen LogP contribution in [0.4, 0.5) is 0 Å². The predicted octanol–water partition coefficient (Wildman–Crippen LogP) is 4.80. The highest BCUT2D eigenvalue weighted by molar-refractivity contribution is 6.11. The van der Waals surface area contributed by atoms with Crippen LogP contribution in [0.5, 0.6) is 5.75 Å². The first-order valence-electron chi connectivity index (χ1n) is 8.30. The van der Waals surface area contributed by atoms with Gasteiger partial charge in [0.2, 0.25) is 0 Å². The van der Waals surface area contributed by atoms with Crippen LogP contribution >= 0.6 is 0 Å². The highest BCUT2D eigenvalue weighted by Gasteiger charge is 2.04. The lowest BCUT2D eigenvalue weighted by atomic mass is 10.0. The largest absolute Gasteiger partial charge is 0.508 e. The van der Waals surface area contributed by atoms with Crippen molar-refractivity contribution in [1.82, 2.24) is 0 Å². The summed E-state index contributed by atoms with van der Waals surface area (Å²) in [5.74, 6) is -0.328. The molecular weight excluding hydrogens is 324 g/mol. The van der Waals surface area contributed by atoms with Gasteiger partial charge in [-0.1, -0.05) is 66.7 Å². The molecule has 0 amide bonds. The standard InChI is InChI=1S/C23H18O3/c24-20-12-8-17(9-13-20)10-14-21(25)16-22(26)15-11-19-6-3-5-18-4-1-2-7-23(18)19/h1-15,24H,16H2/b14-10+,15-11+. The third-order valence-corrected chi connectivity index (χ3v) is 3.98. The molecule has 0 heterocycles. The molecule has 0 aliphatic rings. The third-order valence-electron chi connectivity index (χ3n) is 3.98. The number of carbonyl (C=O) groups is 2. The maximum absolute atomic E-state index is 12.0. The molecule has 3 rings (SSSR count). The van der Waals surface area contributed by atoms with Gasteiger partial charge in [-0.25, -0.2) is 0 Å². The van der Waals surface area contributed by atoms with Crippen molar-refractivity contribution in [3.05, 3.63) is 90.0 Å². The first kappa shape index (κ1) is 17.4. The fraction of sp³-hybridized carbons (Fsp3) is 0.0435. The number of benzene rings is 3. The van der Waals surface area contributed by atoms with Gasteiger partial charge in [0.05, 0.1) is 6.42 Å². The summed E-state index contributed by atoms with van der Waals surface area (Å²) >= 11 is 0. The summed E-state index contributed by atoms with van der Waals surface area (Å²) in [4.78, 5) is 24.0. The molecule has 0 unspecified atom stereocenters. The molecule has 0 radical (unpaired) electrons. The van der Waals surface area contributed by atoms with Crippen molar-refractivity contribution in [3.63, 3.8) is 0 Å². The van der Waals surface area contributed by atoms with Crippen molar-refractivity contribution in [2.75, 3.05) is 0 Å². The third kappa shape index (κ3) is 4.54. The van der Waals surface area contributed by atoms with Crippen LogP contribution in [0.25, 0.3) is 22.9 Å². The van der Waals surface area contributed by atoms with Crippen LogP contribution in [0, 0.1) is 0 Å². The normalized spacial score (nSPS) is 11.4. The summed E-state index contributed by atoms with van der Waals surface area (Å²) < 4.78 is 0. The van der Waals surface area contributed by atoms with Crippen molar-refractivity contribution in [3.8, 4) is 5.75 Å². The SMILES string of the molecule is O=C(/C=C/c1ccc(O)cc1)CC(=O)/C=C/c1cccc2ccccc12. The Kier molecular flexibility index (Phi) is 5.40. The minimum Gasteiger partial charge on any atom is -0.508 e. The fourth-order valence-electron chi connectivity index (χ4n) is 2.64. The van der Waals surface area contributed by atoms with E-state index in [4.69, 9.17) is 0 Å². The Morgan fingerprint density at radius 1 is 0.769 bits per heavy atom. The summed E-state index contributed by atoms with van der Waals surface area (Å²) in [7, 11) is 0. The average Bonchev–Trinajstić information content (AvgIpc) is 2.66. The number of hydrogen-bond acceptors (Lipinski definition) is 3. The Labute approximate surface area is 151 Å². The number of hydrogen-bond donors (Lipinski definition) is 1. The number of ketones is 2. The number of aromatic hydroxyl groups is 1. The van der Waals surface area contributed by atoms with Gasteiger partial charge in [-0.2, -0.15) is 0 Å². The summed E-state index contributed by atoms with van der Waals surface area (Å²) in [6.45, 7) is 0. The number of rotatable bonds is 6. The molecule has 0 saturated heterocycles. The van der Waals surface area contributed by atoms with Gasteiger partial charge in [0.1, 0.15) is 5.75 Å². The zero-order valence-corrected chi connectivity index (χ0v) is 14.1. The minimum absolute atomic E-state index is 0.169. The molecule has 0 aromatic heterocycles. The quantitative estimate of drug-likeness (QED) is 0.517. The molecule has 0 aliphatic carbocycles. The van der Waals surface area contributed by atoms with Crippen molar-refractivity contribution in [2.45, 2.75) is 6.42 Å². The van der Waals surface area contributed by atoms with E-state index in [-0.39, 0.29) is 23.7 Å². The monoisotopic (exact) mass is 342 g/mol. The van der Waals surface area contributed by atoms with Crippen LogP contribution < -0.4 is 0 Å². The van der Waals surface area contributed by atoms with Crippen LogP contribution in [0.2, 0.25) is 0 Å². The lowest BCUT2D eigenvalue weighted by Crippen LogP contribution is -2.01. The first-order valence-corrected chi connectivity index (χ1v) is 8.30. The number of phenolic OH excluding ortho intramolecular Hbond substituents is 1. The second kappa shape index (κ2) is 8.08. The van der Waals surface area contributed by atoms with Gasteiger partial charge < -0.3 is 5.11 Å². The van der Waals surface area contributed by atoms with Gasteiger partial charge >= 0.3 is 0 Å². The van der Waals surface area contributed by atoms with E-state index in [9.17, 15) is 14.7 Å². The summed E-state index contributed by atoms with van der Waals surface area (Å²) in [6, 6.07) is 20.3. The Morgan fingerprint density at radius 3 is 2.19 bits per heavy atom. The van der Waals surface area contributed by atoms with E-state index in [1.807, 2.05) is 42.5 Å². The Bertz CT molecular complexity index is 990. The van der Waals surface area contributed by atoms with Crippen LogP contribution in [0.3, 0.4) is 0 Å². The predicted molar refractivity (Wildman–Crippen MR) is 105 cm³/mol. The summed E-state index contributed by atoms with van der Waals surface area (Å²) in [6.07, 6.45) is 6.05. The number of allylic oxidation sites excluding steroid dienone is 2. The fourth-order valence-corrected chi connectivity index (χ4v) is 2.64. The molecule has 0 aliphatic heterocycles. The van der Waals surface area contributed by atoms with E-state index in [0.717, 1.165) is 21.9 Å². The van der Waals surface area contributed by atoms with Gasteiger partial charge in [-0.3, -0.25) is 9.59 Å². The second-order valence-corrected chi connectivity index (χ2v) is 5.94. The molecule has 0 bridgehead atoms. The van der Waals surface area contributed by atoms with Gasteiger partial charge in [-0.15, -0.1) is 0 Å². The van der Waals surface area contributed by atoms with Gasteiger partial charge in [-0.05, 0) is 46.2 Å². The summed E-state index contributed by atoms with van der Waals surface area (Å²) in [5.41, 5.74) is 1.73. The molecule has 0 spiro atoms. The van der Waals surface area contributed by atoms with Gasteiger partial charge in [0.25, 0.3) is 0 Å². The van der Waals surface area contributed by atoms with Crippen LogP contribution in [0.15, 0.2) is 78.9 Å². The van der Waals surface area contributed by atoms with Crippen molar-refractivity contribution < 1.29 is 14.7 Å². The average molecular weight is 342 g/mol. The van der Waals surface area contributed by atoms with Crippen molar-refractivity contribution in [1.29, 1.82) is 0 Å². The van der Waals surface area contributed by atoms with Gasteiger partial charge in [0, 0.05) is 0 Å². The Balaban J connectivity index is 1.63. The van der Waals surface area contributed by atoms with Crippen molar-refractivity contribution >= 4 is 34.5 Å². The van der Waals surface area contributed by atoms with Crippen molar-refractivity contribution in [2.24, 2.45) is 0 Å². The summed E-state index contributed by atoms with van der Waals surface area (Å²) in [5, 5.41) is 11.4. The Hall–Kier alpha value is -3.46. The number of carbonyl (C=O) groups excluding carboxylic acids is 2. The molecule has 3 aromatic carbocycles. The van der Waals surface area contributed by atoms with E-state index in [2.05, 4.69) is 0 Å². The molecule has 26 heavy (non-hydrogen) atoms. The molecule has 0 saturated carbocycles. The first-order chi connectivity index (χ1) is 12.6. The maximum Gasteiger partial charge on any atom is 0.163 e. The smallest absolute Gasteiger partial charge is 0.163 e. The van der Waals surface area contributed by atoms with E-state index in [1.165, 1.54) is 12.2 Å². The lowest BCUT2D eigenvalue weighted by molar-refractivity contribution is -0.121. The minimum atomic E-state index is -0.259. The molecule has 1 N–H and O–H groups in total. The number of fused-ring (bicyclic) bond motifs is 1. The highest BCUT2D eigenvalue weighted by Crippen LogP contribution is 2.19. The molecule has 3 nitrogen and oxygen atoms in total. The molecule has 3 aromatic rings. The van der Waals surface area contributed by atoms with Gasteiger partial charge in [0.15, 0.2) is 11.6 Å². The lowest BCUT2D eigenvalue weighted by Gasteiger charge is -2.01. The second-order valence-electron chi connectivity index (χ2n) is 5.94. The Morgan fingerprint density at radius 2 is 1.42 bits per heavy atom. The number of phenols is 1. The van der Waals surface area contributed by atoms with E-state index >= 15 is 0 Å². The topological polar surface area (TPSA) is 54.4 Å². The maximum atomic E-state index is 12.0. The van der Waals surface area contributed by atoms with E-state index < -0.39 is 0 Å². The van der Waals surface area contributed by atoms with E-state index in [0.29, 0.717) is 0 Å².